The van der Waals surface area contributed by atoms with Crippen LogP contribution in [0, 0.1) is 28.6 Å². The molecule has 0 spiro atoms. The summed E-state index contributed by atoms with van der Waals surface area (Å²) < 4.78 is 7.54. The van der Waals surface area contributed by atoms with Crippen LogP contribution < -0.4 is 0 Å². The number of carbonyl (C=O) groups excluding carboxylic acids is 2. The summed E-state index contributed by atoms with van der Waals surface area (Å²) in [4.78, 5) is 23.9. The summed E-state index contributed by atoms with van der Waals surface area (Å²) in [6, 6.07) is 8.01. The summed E-state index contributed by atoms with van der Waals surface area (Å²) in [7, 11) is 0. The van der Waals surface area contributed by atoms with Gasteiger partial charge in [-0.1, -0.05) is 42.8 Å². The average molecular weight is 460 g/mol. The minimum atomic E-state index is -0.178. The maximum Gasteiger partial charge on any atom is 0.302 e. The highest BCUT2D eigenvalue weighted by atomic mass is 16.5. The Kier molecular flexibility index (Phi) is 4.88. The zero-order valence-corrected chi connectivity index (χ0v) is 20.3. The first-order valence-electron chi connectivity index (χ1n) is 12.7. The fourth-order valence-electron chi connectivity index (χ4n) is 8.17. The van der Waals surface area contributed by atoms with E-state index in [4.69, 9.17) is 4.74 Å². The van der Waals surface area contributed by atoms with E-state index in [9.17, 15) is 9.59 Å². The lowest BCUT2D eigenvalue weighted by Gasteiger charge is -2.57. The summed E-state index contributed by atoms with van der Waals surface area (Å²) >= 11 is 0. The van der Waals surface area contributed by atoms with Crippen molar-refractivity contribution in [3.05, 3.63) is 41.5 Å². The van der Waals surface area contributed by atoms with Crippen LogP contribution in [0.4, 0.5) is 0 Å². The van der Waals surface area contributed by atoms with Crippen molar-refractivity contribution in [1.82, 2.24) is 15.0 Å². The molecule has 178 valence electrons. The van der Waals surface area contributed by atoms with Gasteiger partial charge >= 0.3 is 5.97 Å². The molecule has 34 heavy (non-hydrogen) atoms. The minimum absolute atomic E-state index is 0.0178. The van der Waals surface area contributed by atoms with Gasteiger partial charge in [0.25, 0.3) is 0 Å². The number of rotatable bonds is 3. The van der Waals surface area contributed by atoms with Crippen molar-refractivity contribution >= 4 is 29.0 Å². The zero-order valence-electron chi connectivity index (χ0n) is 20.3. The lowest BCUT2D eigenvalue weighted by atomic mass is 9.47. The maximum absolute atomic E-state index is 12.3. The molecule has 4 aliphatic rings. The molecule has 2 saturated carbocycles. The second-order valence-electron chi connectivity index (χ2n) is 11.4. The Labute approximate surface area is 200 Å². The summed E-state index contributed by atoms with van der Waals surface area (Å²) in [5.41, 5.74) is 5.35. The van der Waals surface area contributed by atoms with Crippen molar-refractivity contribution in [3.8, 4) is 0 Å². The number of aromatic nitrogens is 3. The maximum atomic E-state index is 12.3. The number of ether oxygens (including phenoxy) is 1. The fourth-order valence-corrected chi connectivity index (χ4v) is 8.17. The number of benzene rings is 1. The summed E-state index contributed by atoms with van der Waals surface area (Å²) in [5.74, 6) is 1.39. The van der Waals surface area contributed by atoms with Crippen molar-refractivity contribution < 1.29 is 14.3 Å². The lowest BCUT2D eigenvalue weighted by molar-refractivity contribution is -0.148. The molecule has 6 nitrogen and oxygen atoms in total. The van der Waals surface area contributed by atoms with Gasteiger partial charge in [-0.15, -0.1) is 5.10 Å². The van der Waals surface area contributed by atoms with E-state index in [2.05, 4.69) is 30.2 Å². The molecule has 6 atom stereocenters. The van der Waals surface area contributed by atoms with E-state index in [-0.39, 0.29) is 22.9 Å². The molecule has 6 heteroatoms. The van der Waals surface area contributed by atoms with E-state index in [0.717, 1.165) is 73.5 Å². The SMILES string of the molecule is CC(=O)O[C@H]1CC[C@@]2(C)C(=CC[C@@H]3[C@@H]2CC[C@]2(C)C(n4nnc5ccccc54)=C(C=O)C[C@@H]32)C1. The van der Waals surface area contributed by atoms with Crippen LogP contribution in [-0.2, 0) is 14.3 Å². The van der Waals surface area contributed by atoms with Crippen molar-refractivity contribution in [2.75, 3.05) is 0 Å². The van der Waals surface area contributed by atoms with E-state index >= 15 is 0 Å². The van der Waals surface area contributed by atoms with Crippen LogP contribution in [0.5, 0.6) is 0 Å². The predicted octanol–water partition coefficient (Wildman–Crippen LogP) is 5.35. The second-order valence-corrected chi connectivity index (χ2v) is 11.4. The van der Waals surface area contributed by atoms with Gasteiger partial charge in [-0.25, -0.2) is 4.68 Å². The Morgan fingerprint density at radius 3 is 2.71 bits per heavy atom. The first-order chi connectivity index (χ1) is 16.3. The van der Waals surface area contributed by atoms with E-state index in [0.29, 0.717) is 17.8 Å². The van der Waals surface area contributed by atoms with Crippen LogP contribution in [0.25, 0.3) is 16.7 Å². The lowest BCUT2D eigenvalue weighted by Crippen LogP contribution is -2.50. The summed E-state index contributed by atoms with van der Waals surface area (Å²) in [6.45, 7) is 6.31. The number of allylic oxidation sites excluding steroid dienone is 3. The third-order valence-electron chi connectivity index (χ3n) is 9.77. The van der Waals surface area contributed by atoms with Crippen molar-refractivity contribution in [1.29, 1.82) is 0 Å². The molecule has 2 fully saturated rings. The quantitative estimate of drug-likeness (QED) is 0.352. The van der Waals surface area contributed by atoms with Crippen molar-refractivity contribution in [2.24, 2.45) is 28.6 Å². The first-order valence-corrected chi connectivity index (χ1v) is 12.7. The second kappa shape index (κ2) is 7.62. The molecule has 0 N–H and O–H groups in total. The highest BCUT2D eigenvalue weighted by Gasteiger charge is 2.59. The zero-order chi connectivity index (χ0) is 23.7. The molecule has 4 aliphatic carbocycles. The van der Waals surface area contributed by atoms with Gasteiger partial charge in [0.1, 0.15) is 17.9 Å². The van der Waals surface area contributed by atoms with E-state index in [1.165, 1.54) is 12.5 Å². The highest BCUT2D eigenvalue weighted by Crippen LogP contribution is 2.66. The Morgan fingerprint density at radius 1 is 1.12 bits per heavy atom. The smallest absolute Gasteiger partial charge is 0.302 e. The standard InChI is InChI=1S/C28H33N3O3/c1-17(33)34-20-10-12-27(2)19(15-20)8-9-21-22(27)11-13-28(3)23(21)14-18(16-32)26(28)31-25-7-5-4-6-24(25)29-30-31/h4-8,16,20-23H,9-15H2,1-3H3/t20-,21+,22-,23-,27-,28-/m0/s1. The molecule has 6 rings (SSSR count). The predicted molar refractivity (Wildman–Crippen MR) is 129 cm³/mol. The molecule has 0 bridgehead atoms. The van der Waals surface area contributed by atoms with E-state index in [1.807, 2.05) is 28.9 Å². The van der Waals surface area contributed by atoms with Crippen LogP contribution in [0.2, 0.25) is 0 Å². The summed E-state index contributed by atoms with van der Waals surface area (Å²) in [6.07, 6.45) is 10.5. The number of esters is 1. The van der Waals surface area contributed by atoms with Crippen LogP contribution in [-0.4, -0.2) is 33.4 Å². The van der Waals surface area contributed by atoms with Gasteiger partial charge in [0, 0.05) is 24.3 Å². The Balaban J connectivity index is 1.35. The molecule has 0 unspecified atom stereocenters. The van der Waals surface area contributed by atoms with Gasteiger partial charge in [-0.2, -0.15) is 0 Å². The number of aldehydes is 1. The number of hydrogen-bond acceptors (Lipinski definition) is 5. The van der Waals surface area contributed by atoms with E-state index < -0.39 is 0 Å². The molecular weight excluding hydrogens is 426 g/mol. The summed E-state index contributed by atoms with van der Waals surface area (Å²) in [5, 5.41) is 8.92. The number of para-hydroxylation sites is 1. The normalized spacial score (nSPS) is 37.0. The molecule has 0 aliphatic heterocycles. The van der Waals surface area contributed by atoms with Crippen LogP contribution in [0.15, 0.2) is 41.5 Å². The van der Waals surface area contributed by atoms with Crippen LogP contribution in [0.3, 0.4) is 0 Å². The highest BCUT2D eigenvalue weighted by molar-refractivity contribution is 5.89. The fraction of sp³-hybridized carbons (Fsp3) is 0.571. The molecule has 1 aromatic carbocycles. The van der Waals surface area contributed by atoms with Crippen molar-refractivity contribution in [3.63, 3.8) is 0 Å². The molecular formula is C28H33N3O3. The van der Waals surface area contributed by atoms with Crippen molar-refractivity contribution in [2.45, 2.75) is 71.8 Å². The van der Waals surface area contributed by atoms with Gasteiger partial charge in [-0.05, 0) is 73.8 Å². The van der Waals surface area contributed by atoms with Crippen LogP contribution in [0.1, 0.15) is 65.7 Å². The molecule has 0 radical (unpaired) electrons. The third kappa shape index (κ3) is 2.99. The Morgan fingerprint density at radius 2 is 1.91 bits per heavy atom. The molecule has 2 aromatic rings. The number of hydrogen-bond donors (Lipinski definition) is 0. The topological polar surface area (TPSA) is 74.1 Å². The number of carbonyl (C=O) groups is 2. The van der Waals surface area contributed by atoms with E-state index in [1.54, 1.807) is 0 Å². The number of nitrogens with zero attached hydrogens (tertiary/aromatic N) is 3. The molecule has 0 saturated heterocycles. The minimum Gasteiger partial charge on any atom is -0.462 e. The Hall–Kier alpha value is -2.76. The Bertz CT molecular complexity index is 1240. The molecule has 1 heterocycles. The van der Waals surface area contributed by atoms with Crippen LogP contribution >= 0.6 is 0 Å². The third-order valence-corrected chi connectivity index (χ3v) is 9.77. The van der Waals surface area contributed by atoms with Gasteiger partial charge in [-0.3, -0.25) is 9.59 Å². The van der Waals surface area contributed by atoms with Gasteiger partial charge < -0.3 is 4.74 Å². The average Bonchev–Trinajstić information content (AvgIpc) is 3.36. The largest absolute Gasteiger partial charge is 0.462 e. The monoisotopic (exact) mass is 459 g/mol. The first kappa shape index (κ1) is 21.8. The number of fused-ring (bicyclic) bond motifs is 6. The molecule has 0 amide bonds. The van der Waals surface area contributed by atoms with Gasteiger partial charge in [0.05, 0.1) is 11.2 Å². The van der Waals surface area contributed by atoms with Gasteiger partial charge in [0.15, 0.2) is 0 Å². The van der Waals surface area contributed by atoms with Gasteiger partial charge in [0.2, 0.25) is 0 Å². The molecule has 1 aromatic heterocycles.